The van der Waals surface area contributed by atoms with Crippen LogP contribution in [-0.2, 0) is 0 Å². The largest absolute Gasteiger partial charge is 0.276 e. The molecule has 5 rings (SSSR count). The molecule has 0 radical (unpaired) electrons. The normalized spacial score (nSPS) is 11.2. The molecule has 0 saturated carbocycles. The van der Waals surface area contributed by atoms with E-state index in [0.29, 0.717) is 0 Å². The molecule has 4 aromatic carbocycles. The van der Waals surface area contributed by atoms with Crippen LogP contribution in [0.15, 0.2) is 106 Å². The number of rotatable bonds is 2. The van der Waals surface area contributed by atoms with E-state index in [9.17, 15) is 4.79 Å². The van der Waals surface area contributed by atoms with Crippen LogP contribution < -0.4 is 5.56 Å². The zero-order valence-corrected chi connectivity index (χ0v) is 16.6. The van der Waals surface area contributed by atoms with Crippen molar-refractivity contribution in [3.63, 3.8) is 0 Å². The third-order valence-corrected chi connectivity index (χ3v) is 5.56. The van der Waals surface area contributed by atoms with Crippen molar-refractivity contribution in [1.29, 1.82) is 0 Å². The van der Waals surface area contributed by atoms with E-state index in [1.165, 1.54) is 0 Å². The Labute approximate surface area is 170 Å². The van der Waals surface area contributed by atoms with Crippen molar-refractivity contribution < 1.29 is 0 Å². The van der Waals surface area contributed by atoms with Gasteiger partial charge in [-0.25, -0.2) is 0 Å². The second-order valence-electron chi connectivity index (χ2n) is 6.73. The molecular weight excluding hydrogens is 410 g/mol. The van der Waals surface area contributed by atoms with Crippen LogP contribution in [0.5, 0.6) is 0 Å². The Morgan fingerprint density at radius 3 is 2.14 bits per heavy atom. The van der Waals surface area contributed by atoms with Crippen LogP contribution in [0.3, 0.4) is 0 Å². The Morgan fingerprint density at radius 1 is 0.679 bits per heavy atom. The number of hydrogen-bond acceptors (Lipinski definition) is 1. The molecule has 0 unspecified atom stereocenters. The van der Waals surface area contributed by atoms with Gasteiger partial charge in [0.25, 0.3) is 5.56 Å². The highest BCUT2D eigenvalue weighted by Gasteiger charge is 2.16. The van der Waals surface area contributed by atoms with Crippen LogP contribution in [0.25, 0.3) is 38.5 Å². The molecule has 0 amide bonds. The van der Waals surface area contributed by atoms with Gasteiger partial charge in [0, 0.05) is 15.5 Å². The van der Waals surface area contributed by atoms with Gasteiger partial charge in [0.2, 0.25) is 0 Å². The fraction of sp³-hybridized carbons (Fsp3) is 0. The van der Waals surface area contributed by atoms with Gasteiger partial charge in [-0.1, -0.05) is 82.7 Å². The van der Waals surface area contributed by atoms with Crippen LogP contribution in [0, 0.1) is 0 Å². The summed E-state index contributed by atoms with van der Waals surface area (Å²) in [6, 6.07) is 32.1. The lowest BCUT2D eigenvalue weighted by Gasteiger charge is -2.16. The summed E-state index contributed by atoms with van der Waals surface area (Å²) in [7, 11) is 0. The average molecular weight is 426 g/mol. The maximum absolute atomic E-state index is 13.8. The quantitative estimate of drug-likeness (QED) is 0.293. The van der Waals surface area contributed by atoms with Gasteiger partial charge in [0.15, 0.2) is 0 Å². The van der Waals surface area contributed by atoms with Crippen LogP contribution >= 0.6 is 15.9 Å². The molecule has 0 aliphatic carbocycles. The van der Waals surface area contributed by atoms with Gasteiger partial charge in [-0.3, -0.25) is 9.36 Å². The van der Waals surface area contributed by atoms with Gasteiger partial charge in [0.05, 0.1) is 10.9 Å². The zero-order chi connectivity index (χ0) is 19.1. The smallest absolute Gasteiger partial charge is 0.264 e. The Kier molecular flexibility index (Phi) is 4.10. The first kappa shape index (κ1) is 17.0. The van der Waals surface area contributed by atoms with E-state index in [2.05, 4.69) is 22.0 Å². The molecule has 0 aliphatic heterocycles. The molecule has 28 heavy (non-hydrogen) atoms. The van der Waals surface area contributed by atoms with Gasteiger partial charge in [0.1, 0.15) is 0 Å². The molecular formula is C25H16BrNO. The number of benzene rings is 4. The van der Waals surface area contributed by atoms with Crippen molar-refractivity contribution in [2.75, 3.05) is 0 Å². The minimum atomic E-state index is -0.00419. The van der Waals surface area contributed by atoms with Gasteiger partial charge >= 0.3 is 0 Å². The molecule has 134 valence electrons. The number of hydrogen-bond donors (Lipinski definition) is 0. The van der Waals surface area contributed by atoms with Gasteiger partial charge in [-0.05, 0) is 46.8 Å². The Hall–Kier alpha value is -3.17. The van der Waals surface area contributed by atoms with Crippen LogP contribution in [0.4, 0.5) is 0 Å². The monoisotopic (exact) mass is 425 g/mol. The summed E-state index contributed by atoms with van der Waals surface area (Å²) in [6.45, 7) is 0. The Morgan fingerprint density at radius 2 is 1.39 bits per heavy atom. The summed E-state index contributed by atoms with van der Waals surface area (Å²) >= 11 is 3.59. The molecule has 0 saturated heterocycles. The van der Waals surface area contributed by atoms with E-state index in [1.807, 2.05) is 95.6 Å². The fourth-order valence-corrected chi connectivity index (χ4v) is 4.20. The highest BCUT2D eigenvalue weighted by molar-refractivity contribution is 9.10. The number of fused-ring (bicyclic) bond motifs is 3. The molecule has 1 aromatic heterocycles. The standard InChI is InChI=1S/C25H16BrNO/c26-18-14-15-23-22(16-18)21-13-7-12-20(17-8-3-1-4-9-17)24(21)25(28)27(23)19-10-5-2-6-11-19/h1-16H. The van der Waals surface area contributed by atoms with Crippen molar-refractivity contribution in [2.45, 2.75) is 0 Å². The third-order valence-electron chi connectivity index (χ3n) is 5.07. The summed E-state index contributed by atoms with van der Waals surface area (Å²) in [5.41, 5.74) is 3.76. The SMILES string of the molecule is O=c1c2c(-c3ccccc3)cccc2c2cc(Br)ccc2n1-c1ccccc1. The first-order chi connectivity index (χ1) is 13.7. The topological polar surface area (TPSA) is 22.0 Å². The number of para-hydroxylation sites is 1. The molecule has 0 N–H and O–H groups in total. The highest BCUT2D eigenvalue weighted by atomic mass is 79.9. The molecule has 0 bridgehead atoms. The lowest BCUT2D eigenvalue weighted by atomic mass is 9.96. The Bertz CT molecular complexity index is 1370. The van der Waals surface area contributed by atoms with Gasteiger partial charge in [-0.15, -0.1) is 0 Å². The summed E-state index contributed by atoms with van der Waals surface area (Å²) in [6.07, 6.45) is 0. The average Bonchev–Trinajstić information content (AvgIpc) is 2.75. The fourth-order valence-electron chi connectivity index (χ4n) is 3.84. The van der Waals surface area contributed by atoms with Crippen LogP contribution in [0.1, 0.15) is 0 Å². The summed E-state index contributed by atoms with van der Waals surface area (Å²) in [5, 5.41) is 2.75. The summed E-state index contributed by atoms with van der Waals surface area (Å²) in [4.78, 5) is 13.8. The molecule has 0 fully saturated rings. The van der Waals surface area contributed by atoms with Gasteiger partial charge < -0.3 is 0 Å². The van der Waals surface area contributed by atoms with Crippen molar-refractivity contribution in [3.05, 3.63) is 112 Å². The molecule has 5 aromatic rings. The van der Waals surface area contributed by atoms with E-state index < -0.39 is 0 Å². The van der Waals surface area contributed by atoms with E-state index in [4.69, 9.17) is 0 Å². The first-order valence-electron chi connectivity index (χ1n) is 9.12. The predicted molar refractivity (Wildman–Crippen MR) is 120 cm³/mol. The predicted octanol–water partition coefficient (Wildman–Crippen LogP) is 6.57. The van der Waals surface area contributed by atoms with Crippen molar-refractivity contribution >= 4 is 37.6 Å². The lowest BCUT2D eigenvalue weighted by Crippen LogP contribution is -2.19. The van der Waals surface area contributed by atoms with E-state index in [1.54, 1.807) is 0 Å². The lowest BCUT2D eigenvalue weighted by molar-refractivity contribution is 1.06. The Balaban J connectivity index is 2.02. The maximum Gasteiger partial charge on any atom is 0.264 e. The van der Waals surface area contributed by atoms with Crippen molar-refractivity contribution in [3.8, 4) is 16.8 Å². The van der Waals surface area contributed by atoms with E-state index >= 15 is 0 Å². The first-order valence-corrected chi connectivity index (χ1v) is 9.91. The number of aromatic nitrogens is 1. The molecule has 0 aliphatic rings. The summed E-state index contributed by atoms with van der Waals surface area (Å²) < 4.78 is 2.81. The van der Waals surface area contributed by atoms with Crippen LogP contribution in [-0.4, -0.2) is 4.57 Å². The van der Waals surface area contributed by atoms with Crippen LogP contribution in [0.2, 0.25) is 0 Å². The second kappa shape index (κ2) is 6.77. The van der Waals surface area contributed by atoms with Gasteiger partial charge in [-0.2, -0.15) is 0 Å². The molecule has 1 heterocycles. The molecule has 0 atom stereocenters. The minimum Gasteiger partial charge on any atom is -0.276 e. The third kappa shape index (κ3) is 2.67. The molecule has 0 spiro atoms. The van der Waals surface area contributed by atoms with E-state index in [-0.39, 0.29) is 5.56 Å². The highest BCUT2D eigenvalue weighted by Crippen LogP contribution is 2.33. The van der Waals surface area contributed by atoms with Crippen molar-refractivity contribution in [2.24, 2.45) is 0 Å². The molecule has 3 heteroatoms. The van der Waals surface area contributed by atoms with Crippen molar-refractivity contribution in [1.82, 2.24) is 4.57 Å². The maximum atomic E-state index is 13.8. The number of nitrogens with zero attached hydrogens (tertiary/aromatic N) is 1. The number of pyridine rings is 1. The molecule has 2 nitrogen and oxygen atoms in total. The summed E-state index contributed by atoms with van der Waals surface area (Å²) in [5.74, 6) is 0. The minimum absolute atomic E-state index is 0.00419. The zero-order valence-electron chi connectivity index (χ0n) is 15.0. The van der Waals surface area contributed by atoms with E-state index in [0.717, 1.165) is 43.0 Å². The number of halogens is 1. The second-order valence-corrected chi connectivity index (χ2v) is 7.65.